The van der Waals surface area contributed by atoms with Crippen molar-refractivity contribution >= 4 is 44.9 Å². The second-order valence-corrected chi connectivity index (χ2v) is 11.3. The van der Waals surface area contributed by atoms with Crippen molar-refractivity contribution in [3.05, 3.63) is 51.7 Å². The number of thioether (sulfide) groups is 1. The molecule has 4 aromatic rings. The first-order chi connectivity index (χ1) is 16.1. The summed E-state index contributed by atoms with van der Waals surface area (Å²) in [7, 11) is 0. The number of nitrogens with zero attached hydrogens (tertiary/aromatic N) is 5. The fourth-order valence-corrected chi connectivity index (χ4v) is 7.17. The molecule has 0 spiro atoms. The van der Waals surface area contributed by atoms with Crippen LogP contribution >= 0.6 is 23.1 Å². The van der Waals surface area contributed by atoms with Gasteiger partial charge in [-0.25, -0.2) is 4.98 Å². The van der Waals surface area contributed by atoms with Gasteiger partial charge in [-0.2, -0.15) is 0 Å². The first-order valence-corrected chi connectivity index (χ1v) is 13.6. The lowest BCUT2D eigenvalue weighted by Gasteiger charge is -2.28. The monoisotopic (exact) mass is 477 g/mol. The van der Waals surface area contributed by atoms with Crippen LogP contribution in [0.15, 0.2) is 29.4 Å². The first kappa shape index (κ1) is 21.1. The first-order valence-electron chi connectivity index (χ1n) is 11.8. The number of carbonyl (C=O) groups excluding carboxylic acids is 1. The van der Waals surface area contributed by atoms with Crippen LogP contribution in [0.25, 0.3) is 15.9 Å². The van der Waals surface area contributed by atoms with Crippen LogP contribution in [0.5, 0.6) is 0 Å². The third-order valence-electron chi connectivity index (χ3n) is 6.78. The van der Waals surface area contributed by atoms with Gasteiger partial charge in [0.1, 0.15) is 10.7 Å². The molecule has 0 saturated heterocycles. The molecule has 3 aromatic heterocycles. The Morgan fingerprint density at radius 3 is 2.79 bits per heavy atom. The van der Waals surface area contributed by atoms with E-state index >= 15 is 0 Å². The van der Waals surface area contributed by atoms with Crippen LogP contribution in [0.4, 0.5) is 0 Å². The second-order valence-electron chi connectivity index (χ2n) is 9.28. The highest BCUT2D eigenvalue weighted by Crippen LogP contribution is 2.39. The smallest absolute Gasteiger partial charge is 0.233 e. The molecule has 1 amide bonds. The lowest BCUT2D eigenvalue weighted by atomic mass is 9.97. The summed E-state index contributed by atoms with van der Waals surface area (Å²) in [5.74, 6) is 1.73. The van der Waals surface area contributed by atoms with Crippen molar-refractivity contribution in [2.75, 3.05) is 12.3 Å². The molecule has 0 fully saturated rings. The molecule has 4 heterocycles. The molecule has 1 aliphatic heterocycles. The molecule has 1 aromatic carbocycles. The number of amides is 1. The van der Waals surface area contributed by atoms with Gasteiger partial charge < -0.3 is 4.90 Å². The number of carbonyl (C=O) groups is 1. The van der Waals surface area contributed by atoms with Crippen LogP contribution in [0.3, 0.4) is 0 Å². The predicted molar refractivity (Wildman–Crippen MR) is 133 cm³/mol. The molecule has 0 bridgehead atoms. The third-order valence-corrected chi connectivity index (χ3v) is 8.88. The Labute approximate surface area is 201 Å². The molecule has 6 rings (SSSR count). The van der Waals surface area contributed by atoms with Gasteiger partial charge in [0.15, 0.2) is 10.8 Å². The Kier molecular flexibility index (Phi) is 5.37. The lowest BCUT2D eigenvalue weighted by molar-refractivity contribution is -0.129. The van der Waals surface area contributed by atoms with E-state index in [1.54, 1.807) is 0 Å². The Morgan fingerprint density at radius 1 is 1.12 bits per heavy atom. The summed E-state index contributed by atoms with van der Waals surface area (Å²) in [6, 6.07) is 8.42. The van der Waals surface area contributed by atoms with Crippen molar-refractivity contribution in [1.29, 1.82) is 0 Å². The number of fused-ring (bicyclic) bond motifs is 6. The van der Waals surface area contributed by atoms with Crippen molar-refractivity contribution < 1.29 is 4.79 Å². The Bertz CT molecular complexity index is 1370. The van der Waals surface area contributed by atoms with Gasteiger partial charge in [-0.1, -0.05) is 49.9 Å². The van der Waals surface area contributed by atoms with Gasteiger partial charge in [0.2, 0.25) is 5.91 Å². The number of aromatic nitrogens is 4. The van der Waals surface area contributed by atoms with Crippen LogP contribution in [0.1, 0.15) is 60.0 Å². The van der Waals surface area contributed by atoms with Gasteiger partial charge in [-0.3, -0.25) is 9.20 Å². The predicted octanol–water partition coefficient (Wildman–Crippen LogP) is 5.02. The minimum atomic E-state index is 0.152. The van der Waals surface area contributed by atoms with Crippen molar-refractivity contribution in [2.24, 2.45) is 0 Å². The molecule has 170 valence electrons. The Hall–Kier alpha value is -2.45. The minimum Gasteiger partial charge on any atom is -0.337 e. The fraction of sp³-hybridized carbons (Fsp3) is 0.440. The molecule has 0 unspecified atom stereocenters. The van der Waals surface area contributed by atoms with Gasteiger partial charge in [-0.05, 0) is 48.8 Å². The van der Waals surface area contributed by atoms with E-state index < -0.39 is 0 Å². The largest absolute Gasteiger partial charge is 0.337 e. The molecule has 1 aliphatic carbocycles. The number of rotatable bonds is 4. The third kappa shape index (κ3) is 3.64. The zero-order valence-corrected chi connectivity index (χ0v) is 20.6. The van der Waals surface area contributed by atoms with Crippen molar-refractivity contribution in [2.45, 2.75) is 63.6 Å². The highest BCUT2D eigenvalue weighted by molar-refractivity contribution is 7.99. The van der Waals surface area contributed by atoms with Crippen LogP contribution in [-0.4, -0.2) is 42.7 Å². The fourth-order valence-electron chi connectivity index (χ4n) is 5.06. The number of aryl methyl sites for hydroxylation is 2. The number of hydrogen-bond acceptors (Lipinski definition) is 6. The Morgan fingerprint density at radius 2 is 1.94 bits per heavy atom. The summed E-state index contributed by atoms with van der Waals surface area (Å²) in [5.41, 5.74) is 4.94. The van der Waals surface area contributed by atoms with Crippen LogP contribution in [0, 0.1) is 0 Å². The lowest BCUT2D eigenvalue weighted by Crippen LogP contribution is -2.37. The number of hydrogen-bond donors (Lipinski definition) is 0. The quantitative estimate of drug-likeness (QED) is 0.386. The second kappa shape index (κ2) is 8.40. The van der Waals surface area contributed by atoms with E-state index in [4.69, 9.17) is 4.98 Å². The van der Waals surface area contributed by atoms with Crippen LogP contribution in [0.2, 0.25) is 0 Å². The van der Waals surface area contributed by atoms with Gasteiger partial charge >= 0.3 is 0 Å². The zero-order valence-electron chi connectivity index (χ0n) is 19.0. The van der Waals surface area contributed by atoms with Crippen molar-refractivity contribution in [3.8, 4) is 0 Å². The minimum absolute atomic E-state index is 0.152. The molecule has 8 heteroatoms. The van der Waals surface area contributed by atoms with E-state index in [9.17, 15) is 4.79 Å². The Balaban J connectivity index is 1.31. The van der Waals surface area contributed by atoms with E-state index in [2.05, 4.69) is 46.6 Å². The summed E-state index contributed by atoms with van der Waals surface area (Å²) >= 11 is 3.31. The standard InChI is InChI=1S/C25H27N5OS2/c1-15(2)22-26-24-21(18-9-5-6-10-19(18)33-24)23-27-28-25(30(22)23)32-14-20(31)29-12-11-16-7-3-4-8-17(16)13-29/h3-4,7-8,15H,5-6,9-14H2,1-2H3. The summed E-state index contributed by atoms with van der Waals surface area (Å²) in [6.07, 6.45) is 5.63. The van der Waals surface area contributed by atoms with Gasteiger partial charge in [0.25, 0.3) is 0 Å². The van der Waals surface area contributed by atoms with Crippen molar-refractivity contribution in [1.82, 2.24) is 24.5 Å². The van der Waals surface area contributed by atoms with Gasteiger partial charge in [-0.15, -0.1) is 21.5 Å². The van der Waals surface area contributed by atoms with Gasteiger partial charge in [0, 0.05) is 23.9 Å². The topological polar surface area (TPSA) is 63.4 Å². The molecule has 0 atom stereocenters. The number of benzene rings is 1. The highest BCUT2D eigenvalue weighted by Gasteiger charge is 2.26. The molecular weight excluding hydrogens is 450 g/mol. The molecule has 6 nitrogen and oxygen atoms in total. The van der Waals surface area contributed by atoms with Crippen LogP contribution in [-0.2, 0) is 30.6 Å². The maximum absolute atomic E-state index is 13.1. The SMILES string of the molecule is CC(C)c1nc2sc3c(c2c2nnc(SCC(=O)N4CCc5ccccc5C4)n12)CCCC3. The molecule has 2 aliphatic rings. The summed E-state index contributed by atoms with van der Waals surface area (Å²) in [5, 5.41) is 11.1. The molecule has 0 saturated carbocycles. The highest BCUT2D eigenvalue weighted by atomic mass is 32.2. The van der Waals surface area contributed by atoms with E-state index in [0.29, 0.717) is 12.3 Å². The molecular formula is C25H27N5OS2. The van der Waals surface area contributed by atoms with Gasteiger partial charge in [0.05, 0.1) is 11.1 Å². The maximum atomic E-state index is 13.1. The molecule has 0 N–H and O–H groups in total. The van der Waals surface area contributed by atoms with Crippen molar-refractivity contribution in [3.63, 3.8) is 0 Å². The summed E-state index contributed by atoms with van der Waals surface area (Å²) < 4.78 is 2.11. The van der Waals surface area contributed by atoms with Crippen LogP contribution < -0.4 is 0 Å². The average Bonchev–Trinajstić information content (AvgIpc) is 3.42. The number of thiophene rings is 1. The summed E-state index contributed by atoms with van der Waals surface area (Å²) in [6.45, 7) is 5.78. The van der Waals surface area contributed by atoms with E-state index in [1.807, 2.05) is 22.3 Å². The summed E-state index contributed by atoms with van der Waals surface area (Å²) in [4.78, 5) is 22.6. The zero-order chi connectivity index (χ0) is 22.5. The normalized spacial score (nSPS) is 15.9. The molecule has 0 radical (unpaired) electrons. The average molecular weight is 478 g/mol. The van der Waals surface area contributed by atoms with E-state index in [0.717, 1.165) is 47.3 Å². The maximum Gasteiger partial charge on any atom is 0.233 e. The van der Waals surface area contributed by atoms with E-state index in [1.165, 1.54) is 51.6 Å². The molecule has 33 heavy (non-hydrogen) atoms. The van der Waals surface area contributed by atoms with E-state index in [-0.39, 0.29) is 11.8 Å².